The second-order valence-corrected chi connectivity index (χ2v) is 9.23. The zero-order valence-corrected chi connectivity index (χ0v) is 19.0. The molecule has 3 saturated carbocycles. The fourth-order valence-electron chi connectivity index (χ4n) is 5.21. The van der Waals surface area contributed by atoms with E-state index in [0.717, 1.165) is 5.56 Å². The summed E-state index contributed by atoms with van der Waals surface area (Å²) in [5, 5.41) is 30.9. The molecule has 2 N–H and O–H groups in total. The molecule has 11 heteroatoms. The van der Waals surface area contributed by atoms with E-state index in [-0.39, 0.29) is 39.8 Å². The van der Waals surface area contributed by atoms with Crippen LogP contribution in [0.5, 0.6) is 11.6 Å². The lowest BCUT2D eigenvalue weighted by Crippen LogP contribution is -2.70. The highest BCUT2D eigenvalue weighted by atomic mass is 19.3. The Morgan fingerprint density at radius 1 is 1.20 bits per heavy atom. The smallest absolute Gasteiger partial charge is 0.320 e. The van der Waals surface area contributed by atoms with Crippen molar-refractivity contribution in [2.75, 3.05) is 5.32 Å². The Morgan fingerprint density at radius 3 is 2.46 bits per heavy atom. The van der Waals surface area contributed by atoms with Gasteiger partial charge in [-0.05, 0) is 68.0 Å². The maximum atomic E-state index is 14.0. The van der Waals surface area contributed by atoms with Gasteiger partial charge in [0.1, 0.15) is 18.2 Å². The molecule has 2 aromatic heterocycles. The van der Waals surface area contributed by atoms with Crippen LogP contribution in [0.15, 0.2) is 18.2 Å². The van der Waals surface area contributed by atoms with Crippen molar-refractivity contribution in [3.63, 3.8) is 0 Å². The van der Waals surface area contributed by atoms with Crippen molar-refractivity contribution >= 4 is 23.2 Å². The number of imidazole rings is 1. The molecule has 3 aliphatic rings. The van der Waals surface area contributed by atoms with E-state index in [2.05, 4.69) is 26.3 Å². The summed E-state index contributed by atoms with van der Waals surface area (Å²) in [6.45, 7) is -0.108. The molecule has 35 heavy (non-hydrogen) atoms. The largest absolute Gasteiger partial charge is 0.436 e. The van der Waals surface area contributed by atoms with Gasteiger partial charge in [0.2, 0.25) is 5.95 Å². The molecular formula is C24H21F2N7O2. The summed E-state index contributed by atoms with van der Waals surface area (Å²) in [6.07, 6.45) is 5.01. The predicted octanol–water partition coefficient (Wildman–Crippen LogP) is 4.52. The van der Waals surface area contributed by atoms with Crippen molar-refractivity contribution in [3.8, 4) is 23.8 Å². The quantitative estimate of drug-likeness (QED) is 0.475. The van der Waals surface area contributed by atoms with Crippen LogP contribution >= 0.6 is 0 Å². The normalized spacial score (nSPS) is 22.5. The van der Waals surface area contributed by atoms with Crippen LogP contribution in [0.3, 0.4) is 0 Å². The summed E-state index contributed by atoms with van der Waals surface area (Å²) < 4.78 is 34.6. The molecule has 178 valence electrons. The zero-order valence-electron chi connectivity index (χ0n) is 19.0. The van der Waals surface area contributed by atoms with E-state index in [0.29, 0.717) is 40.7 Å². The first-order valence-electron chi connectivity index (χ1n) is 10.9. The Labute approximate surface area is 199 Å². The van der Waals surface area contributed by atoms with Crippen molar-refractivity contribution in [2.24, 2.45) is 5.41 Å². The highest BCUT2D eigenvalue weighted by Gasteiger charge is 2.69. The number of nitrogens with zero attached hydrogens (tertiary/aromatic N) is 6. The number of hydrogen-bond donors (Lipinski definition) is 2. The Balaban J connectivity index is 1.59. The van der Waals surface area contributed by atoms with Crippen LogP contribution in [0, 0.1) is 41.9 Å². The van der Waals surface area contributed by atoms with Gasteiger partial charge in [0.15, 0.2) is 11.2 Å². The number of halogens is 2. The van der Waals surface area contributed by atoms with Crippen molar-refractivity contribution in [3.05, 3.63) is 40.7 Å². The second-order valence-electron chi connectivity index (χ2n) is 9.23. The van der Waals surface area contributed by atoms with Gasteiger partial charge in [0.25, 0.3) is 5.88 Å². The number of nitrogens with one attached hydrogen (secondary N) is 1. The minimum absolute atomic E-state index is 0.0349. The minimum Gasteiger partial charge on any atom is -0.436 e. The molecule has 6 rings (SSSR count). The highest BCUT2D eigenvalue weighted by molar-refractivity contribution is 5.79. The molecule has 9 nitrogen and oxygen atoms in total. The standard InChI is InChI=1S/C24H21F2N7O2/c1-13-6-15(4-3-5-27)7-14(2)18(13)35-20-17-19(29-16(8-34)33(17)21(25)26)30-22(31-20)32-24-9-23(10-24,11-24)12-28/h3-4,6-7,21,34H,8-11H2,1-2H3,(H,30,31,32)/b4-3+. The van der Waals surface area contributed by atoms with E-state index in [1.165, 1.54) is 6.08 Å². The van der Waals surface area contributed by atoms with Gasteiger partial charge in [0, 0.05) is 11.6 Å². The zero-order chi connectivity index (χ0) is 25.0. The van der Waals surface area contributed by atoms with Crippen LogP contribution < -0.4 is 10.1 Å². The number of aliphatic hydroxyl groups excluding tert-OH is 1. The Bertz CT molecular complexity index is 1420. The molecule has 0 radical (unpaired) electrons. The lowest BCUT2D eigenvalue weighted by molar-refractivity contribution is -0.0665. The predicted molar refractivity (Wildman–Crippen MR) is 121 cm³/mol. The molecule has 0 unspecified atom stereocenters. The number of ether oxygens (including phenoxy) is 1. The Hall–Kier alpha value is -4.09. The van der Waals surface area contributed by atoms with Gasteiger partial charge < -0.3 is 15.2 Å². The number of hydrogen-bond acceptors (Lipinski definition) is 8. The van der Waals surface area contributed by atoms with Gasteiger partial charge >= 0.3 is 6.55 Å². The summed E-state index contributed by atoms with van der Waals surface area (Å²) in [6, 6.07) is 7.89. The number of alkyl halides is 2. The molecule has 0 saturated heterocycles. The molecule has 0 spiro atoms. The Kier molecular flexibility index (Phi) is 5.18. The van der Waals surface area contributed by atoms with Crippen LogP contribution in [0.25, 0.3) is 17.2 Å². The fraction of sp³-hybridized carbons (Fsp3) is 0.375. The molecule has 1 aromatic carbocycles. The molecule has 3 aromatic rings. The molecule has 2 bridgehead atoms. The highest BCUT2D eigenvalue weighted by Crippen LogP contribution is 2.67. The number of nitriles is 2. The average molecular weight is 477 g/mol. The van der Waals surface area contributed by atoms with Gasteiger partial charge in [-0.1, -0.05) is 0 Å². The van der Waals surface area contributed by atoms with Crippen LogP contribution in [0.4, 0.5) is 14.7 Å². The molecular weight excluding hydrogens is 456 g/mol. The van der Waals surface area contributed by atoms with Crippen molar-refractivity contribution < 1.29 is 18.6 Å². The maximum Gasteiger partial charge on any atom is 0.320 e. The SMILES string of the molecule is Cc1cc(/C=C/C#N)cc(C)c1Oc1nc(NC23CC(C#N)(C2)C3)nc2nc(CO)n(C(F)F)c12. The Morgan fingerprint density at radius 2 is 1.89 bits per heavy atom. The number of anilines is 1. The van der Waals surface area contributed by atoms with Gasteiger partial charge in [-0.3, -0.25) is 4.57 Å². The topological polar surface area (TPSA) is 133 Å². The monoisotopic (exact) mass is 477 g/mol. The number of aryl methyl sites for hydroxylation is 2. The van der Waals surface area contributed by atoms with Crippen molar-refractivity contribution in [1.82, 2.24) is 19.5 Å². The molecule has 3 fully saturated rings. The number of aliphatic hydroxyl groups is 1. The third kappa shape index (κ3) is 3.65. The lowest BCUT2D eigenvalue weighted by atomic mass is 9.40. The van der Waals surface area contributed by atoms with E-state index in [4.69, 9.17) is 10.00 Å². The van der Waals surface area contributed by atoms with Crippen LogP contribution in [0.2, 0.25) is 0 Å². The number of allylic oxidation sites excluding steroid dienone is 1. The molecule has 0 amide bonds. The van der Waals surface area contributed by atoms with E-state index >= 15 is 0 Å². The molecule has 0 aliphatic heterocycles. The van der Waals surface area contributed by atoms with Crippen LogP contribution in [-0.4, -0.2) is 30.2 Å². The van der Waals surface area contributed by atoms with Crippen LogP contribution in [-0.2, 0) is 6.61 Å². The summed E-state index contributed by atoms with van der Waals surface area (Å²) >= 11 is 0. The first-order chi connectivity index (χ1) is 16.7. The third-order valence-electron chi connectivity index (χ3n) is 6.60. The summed E-state index contributed by atoms with van der Waals surface area (Å²) in [5.41, 5.74) is 1.45. The first-order valence-corrected chi connectivity index (χ1v) is 10.9. The number of rotatable bonds is 7. The summed E-state index contributed by atoms with van der Waals surface area (Å²) in [7, 11) is 0. The molecule has 0 atom stereocenters. The van der Waals surface area contributed by atoms with E-state index in [1.54, 1.807) is 32.1 Å². The van der Waals surface area contributed by atoms with Crippen molar-refractivity contribution in [2.45, 2.75) is 51.8 Å². The second kappa shape index (κ2) is 8.00. The van der Waals surface area contributed by atoms with E-state index < -0.39 is 13.2 Å². The number of aromatic nitrogens is 4. The number of fused-ring (bicyclic) bond motifs is 1. The van der Waals surface area contributed by atoms with Gasteiger partial charge in [0.05, 0.1) is 17.6 Å². The molecule has 2 heterocycles. The van der Waals surface area contributed by atoms with E-state index in [9.17, 15) is 19.1 Å². The molecule has 3 aliphatic carbocycles. The maximum absolute atomic E-state index is 14.0. The van der Waals surface area contributed by atoms with Crippen molar-refractivity contribution in [1.29, 1.82) is 10.5 Å². The third-order valence-corrected chi connectivity index (χ3v) is 6.60. The average Bonchev–Trinajstić information content (AvgIpc) is 3.15. The summed E-state index contributed by atoms with van der Waals surface area (Å²) in [5.74, 6) is 0.196. The fourth-order valence-corrected chi connectivity index (χ4v) is 5.21. The number of benzene rings is 1. The lowest BCUT2D eigenvalue weighted by Gasteiger charge is -2.66. The summed E-state index contributed by atoms with van der Waals surface area (Å²) in [4.78, 5) is 12.8. The first kappa shape index (κ1) is 22.7. The van der Waals surface area contributed by atoms with E-state index in [1.807, 2.05) is 6.07 Å². The van der Waals surface area contributed by atoms with Gasteiger partial charge in [-0.2, -0.15) is 29.3 Å². The van der Waals surface area contributed by atoms with Gasteiger partial charge in [-0.25, -0.2) is 4.98 Å². The van der Waals surface area contributed by atoms with Crippen LogP contribution in [0.1, 0.15) is 48.3 Å². The minimum atomic E-state index is -3.00. The van der Waals surface area contributed by atoms with Gasteiger partial charge in [-0.15, -0.1) is 0 Å².